The molecule has 110 valence electrons. The molecular weight excluding hydrogens is 360 g/mol. The number of rotatable bonds is 4. The zero-order valence-electron chi connectivity index (χ0n) is 10.9. The zero-order valence-corrected chi connectivity index (χ0v) is 13.3. The molecule has 1 N–H and O–H groups in total. The van der Waals surface area contributed by atoms with E-state index in [-0.39, 0.29) is 16.2 Å². The van der Waals surface area contributed by atoms with Crippen molar-refractivity contribution in [3.8, 4) is 11.5 Å². The predicted molar refractivity (Wildman–Crippen MR) is 80.7 cm³/mol. The van der Waals surface area contributed by atoms with Crippen LogP contribution in [0.4, 0.5) is 0 Å². The van der Waals surface area contributed by atoms with Crippen LogP contribution in [0.3, 0.4) is 0 Å². The Hall–Kier alpha value is -1.86. The van der Waals surface area contributed by atoms with Crippen LogP contribution in [-0.2, 0) is 9.84 Å². The fourth-order valence-electron chi connectivity index (χ4n) is 1.64. The van der Waals surface area contributed by atoms with Gasteiger partial charge in [0.25, 0.3) is 0 Å². The molecule has 0 amide bonds. The predicted octanol–water partition coefficient (Wildman–Crippen LogP) is 3.34. The van der Waals surface area contributed by atoms with Crippen LogP contribution in [0.1, 0.15) is 10.4 Å². The SMILES string of the molecule is CS(=O)(=O)c1ccc(Oc2ccc(Br)cc2C(=O)O)cc1. The maximum Gasteiger partial charge on any atom is 0.339 e. The first-order valence-corrected chi connectivity index (χ1v) is 8.46. The van der Waals surface area contributed by atoms with E-state index in [1.165, 1.54) is 36.4 Å². The number of carbonyl (C=O) groups is 1. The summed E-state index contributed by atoms with van der Waals surface area (Å²) in [6.07, 6.45) is 1.11. The Balaban J connectivity index is 2.33. The molecule has 2 aromatic carbocycles. The standard InChI is InChI=1S/C14H11BrO5S/c1-21(18,19)11-5-3-10(4-6-11)20-13-7-2-9(15)8-12(13)14(16)17/h2-8H,1H3,(H,16,17). The van der Waals surface area contributed by atoms with E-state index in [2.05, 4.69) is 15.9 Å². The van der Waals surface area contributed by atoms with Gasteiger partial charge >= 0.3 is 5.97 Å². The Bertz CT molecular complexity index is 782. The average Bonchev–Trinajstić information content (AvgIpc) is 2.40. The van der Waals surface area contributed by atoms with Gasteiger partial charge in [-0.3, -0.25) is 0 Å². The van der Waals surface area contributed by atoms with Crippen LogP contribution in [0.25, 0.3) is 0 Å². The van der Waals surface area contributed by atoms with Crippen LogP contribution in [-0.4, -0.2) is 25.7 Å². The molecule has 0 aliphatic carbocycles. The number of ether oxygens (including phenoxy) is 1. The molecular formula is C14H11BrO5S. The van der Waals surface area contributed by atoms with Crippen LogP contribution in [0.15, 0.2) is 51.8 Å². The molecule has 5 nitrogen and oxygen atoms in total. The first-order valence-electron chi connectivity index (χ1n) is 5.78. The quantitative estimate of drug-likeness (QED) is 0.892. The molecule has 0 unspecified atom stereocenters. The van der Waals surface area contributed by atoms with E-state index < -0.39 is 15.8 Å². The molecule has 0 aliphatic heterocycles. The summed E-state index contributed by atoms with van der Waals surface area (Å²) < 4.78 is 28.8. The van der Waals surface area contributed by atoms with Gasteiger partial charge in [-0.05, 0) is 42.5 Å². The minimum Gasteiger partial charge on any atom is -0.478 e. The molecule has 0 aliphatic rings. The molecule has 0 radical (unpaired) electrons. The van der Waals surface area contributed by atoms with Crippen molar-refractivity contribution in [2.45, 2.75) is 4.90 Å². The van der Waals surface area contributed by atoms with Gasteiger partial charge in [0.2, 0.25) is 0 Å². The van der Waals surface area contributed by atoms with Crippen molar-refractivity contribution in [1.82, 2.24) is 0 Å². The molecule has 0 aromatic heterocycles. The smallest absolute Gasteiger partial charge is 0.339 e. The molecule has 0 fully saturated rings. The van der Waals surface area contributed by atoms with Gasteiger partial charge in [0.05, 0.1) is 4.90 Å². The largest absolute Gasteiger partial charge is 0.478 e. The van der Waals surface area contributed by atoms with E-state index in [0.29, 0.717) is 10.2 Å². The third-order valence-corrected chi connectivity index (χ3v) is 4.27. The second-order valence-corrected chi connectivity index (χ2v) is 7.22. The van der Waals surface area contributed by atoms with Gasteiger partial charge in [0.1, 0.15) is 17.1 Å². The highest BCUT2D eigenvalue weighted by atomic mass is 79.9. The van der Waals surface area contributed by atoms with Gasteiger partial charge in [0.15, 0.2) is 9.84 Å². The summed E-state index contributed by atoms with van der Waals surface area (Å²) in [5, 5.41) is 9.14. The molecule has 21 heavy (non-hydrogen) atoms. The van der Waals surface area contributed by atoms with Crippen molar-refractivity contribution < 1.29 is 23.1 Å². The van der Waals surface area contributed by atoms with Crippen molar-refractivity contribution in [2.75, 3.05) is 6.26 Å². The van der Waals surface area contributed by atoms with Gasteiger partial charge in [-0.2, -0.15) is 0 Å². The third-order valence-electron chi connectivity index (χ3n) is 2.65. The minimum atomic E-state index is -3.28. The lowest BCUT2D eigenvalue weighted by Crippen LogP contribution is -2.00. The molecule has 0 atom stereocenters. The highest BCUT2D eigenvalue weighted by Gasteiger charge is 2.13. The number of hydrogen-bond acceptors (Lipinski definition) is 4. The van der Waals surface area contributed by atoms with Crippen molar-refractivity contribution in [3.63, 3.8) is 0 Å². The highest BCUT2D eigenvalue weighted by molar-refractivity contribution is 9.10. The fraction of sp³-hybridized carbons (Fsp3) is 0.0714. The van der Waals surface area contributed by atoms with Crippen LogP contribution in [0.5, 0.6) is 11.5 Å². The summed E-state index contributed by atoms with van der Waals surface area (Å²) in [7, 11) is -3.28. The molecule has 0 saturated heterocycles. The molecule has 7 heteroatoms. The van der Waals surface area contributed by atoms with Crippen molar-refractivity contribution in [3.05, 3.63) is 52.5 Å². The number of benzene rings is 2. The minimum absolute atomic E-state index is 0.0107. The van der Waals surface area contributed by atoms with E-state index in [0.717, 1.165) is 6.26 Å². The monoisotopic (exact) mass is 370 g/mol. The van der Waals surface area contributed by atoms with Crippen LogP contribution < -0.4 is 4.74 Å². The average molecular weight is 371 g/mol. The van der Waals surface area contributed by atoms with Gasteiger partial charge in [-0.1, -0.05) is 15.9 Å². The summed E-state index contributed by atoms with van der Waals surface area (Å²) in [5.74, 6) is -0.580. The van der Waals surface area contributed by atoms with E-state index in [4.69, 9.17) is 9.84 Å². The first kappa shape index (κ1) is 15.5. The van der Waals surface area contributed by atoms with E-state index in [9.17, 15) is 13.2 Å². The summed E-state index contributed by atoms with van der Waals surface area (Å²) in [6.45, 7) is 0. The van der Waals surface area contributed by atoms with Crippen molar-refractivity contribution >= 4 is 31.7 Å². The lowest BCUT2D eigenvalue weighted by atomic mass is 10.2. The maximum atomic E-state index is 11.4. The summed E-state index contributed by atoms with van der Waals surface area (Å²) in [6, 6.07) is 10.4. The Kier molecular flexibility index (Phi) is 4.34. The summed E-state index contributed by atoms with van der Waals surface area (Å²) >= 11 is 3.20. The Morgan fingerprint density at radius 1 is 1.14 bits per heavy atom. The van der Waals surface area contributed by atoms with E-state index >= 15 is 0 Å². The number of carboxylic acids is 1. The molecule has 2 aromatic rings. The fourth-order valence-corrected chi connectivity index (χ4v) is 2.63. The van der Waals surface area contributed by atoms with Gasteiger partial charge < -0.3 is 9.84 Å². The summed E-state index contributed by atoms with van der Waals surface area (Å²) in [4.78, 5) is 11.3. The molecule has 0 bridgehead atoms. The van der Waals surface area contributed by atoms with Crippen molar-refractivity contribution in [2.24, 2.45) is 0 Å². The number of halogens is 1. The number of hydrogen-bond donors (Lipinski definition) is 1. The van der Waals surface area contributed by atoms with E-state index in [1.54, 1.807) is 6.07 Å². The Morgan fingerprint density at radius 2 is 1.76 bits per heavy atom. The lowest BCUT2D eigenvalue weighted by molar-refractivity contribution is 0.0694. The van der Waals surface area contributed by atoms with Crippen LogP contribution in [0, 0.1) is 0 Å². The van der Waals surface area contributed by atoms with E-state index in [1.807, 2.05) is 0 Å². The first-order chi connectivity index (χ1) is 9.77. The Morgan fingerprint density at radius 3 is 2.29 bits per heavy atom. The van der Waals surface area contributed by atoms with Crippen LogP contribution >= 0.6 is 15.9 Å². The maximum absolute atomic E-state index is 11.4. The molecule has 0 saturated carbocycles. The number of carboxylic acid groups (broad SMARTS) is 1. The normalized spacial score (nSPS) is 11.1. The molecule has 0 heterocycles. The summed E-state index contributed by atoms with van der Waals surface area (Å²) in [5.41, 5.74) is 0.0107. The topological polar surface area (TPSA) is 80.7 Å². The number of sulfone groups is 1. The second kappa shape index (κ2) is 5.87. The van der Waals surface area contributed by atoms with Crippen LogP contribution in [0.2, 0.25) is 0 Å². The second-order valence-electron chi connectivity index (χ2n) is 4.29. The number of aromatic carboxylic acids is 1. The zero-order chi connectivity index (χ0) is 15.6. The van der Waals surface area contributed by atoms with Gasteiger partial charge in [-0.15, -0.1) is 0 Å². The van der Waals surface area contributed by atoms with Crippen molar-refractivity contribution in [1.29, 1.82) is 0 Å². The third kappa shape index (κ3) is 3.83. The van der Waals surface area contributed by atoms with Gasteiger partial charge in [-0.25, -0.2) is 13.2 Å². The highest BCUT2D eigenvalue weighted by Crippen LogP contribution is 2.28. The Labute approximate surface area is 130 Å². The lowest BCUT2D eigenvalue weighted by Gasteiger charge is -2.09. The molecule has 0 spiro atoms. The molecule has 2 rings (SSSR count). The van der Waals surface area contributed by atoms with Gasteiger partial charge in [0, 0.05) is 10.7 Å².